The van der Waals surface area contributed by atoms with Crippen molar-refractivity contribution in [3.63, 3.8) is 0 Å². The Balaban J connectivity index is 0.000000364. The Kier molecular flexibility index (Phi) is 42.8. The van der Waals surface area contributed by atoms with Gasteiger partial charge >= 0.3 is 22.6 Å². The lowest BCUT2D eigenvalue weighted by molar-refractivity contribution is 0.0917. The minimum absolute atomic E-state index is 0. The maximum atomic E-state index is 13.1. The number of amides is 3. The SMILES string of the molecule is C.C.CC(=O)c1nc(-c2ccc(C[C@@H](CCO)NC(=O)c3ccc(OC(C)C)c(Cl)c3)cc2)cn1C.CC(=O)c1nc(-c2ccc(C[C@@H](CCOP(=O)(O)O)NC(=O)c3ccc(OC(C)C)c(Cl)c3)cc2)cn1C.COP(=O)(Cl)OC.COP(=O)(OC)OCC[C@H](Cc1ccc(-c2cn(C)c(C(C)=O)n2)cc1)NC(=O)c1ccc(OC(C)C)c(Cl)c1. The van der Waals surface area contributed by atoms with Gasteiger partial charge in [-0.05, 0) is 151 Å². The fourth-order valence-electron chi connectivity index (χ4n) is 11.6. The third kappa shape index (κ3) is 34.1. The first-order valence-corrected chi connectivity index (χ1v) is 43.9. The van der Waals surface area contributed by atoms with E-state index in [1.807, 2.05) is 121 Å². The molecule has 6 N–H and O–H groups in total. The highest BCUT2D eigenvalue weighted by Gasteiger charge is 2.27. The molecule has 0 aliphatic rings. The second-order valence-corrected chi connectivity index (χ2v) is 35.0. The molecule has 0 unspecified atom stereocenters. The summed E-state index contributed by atoms with van der Waals surface area (Å²) in [5.74, 6) is 1.33. The van der Waals surface area contributed by atoms with Gasteiger partial charge in [-0.25, -0.2) is 28.6 Å². The molecule has 0 radical (unpaired) electrons. The third-order valence-corrected chi connectivity index (χ3v) is 21.7. The van der Waals surface area contributed by atoms with Crippen LogP contribution in [0, 0.1) is 0 Å². The molecule has 0 aliphatic carbocycles. The number of nitrogens with zero attached hydrogens (tertiary/aromatic N) is 6. The van der Waals surface area contributed by atoms with Crippen molar-refractivity contribution in [1.82, 2.24) is 44.6 Å². The number of hydrogen-bond acceptors (Lipinski definition) is 22. The number of ketones is 3. The first kappa shape index (κ1) is 105. The summed E-state index contributed by atoms with van der Waals surface area (Å²) in [6.45, 7) is 12.3. The predicted molar refractivity (Wildman–Crippen MR) is 470 cm³/mol. The van der Waals surface area contributed by atoms with Crippen LogP contribution in [0.4, 0.5) is 0 Å². The van der Waals surface area contributed by atoms with Gasteiger partial charge in [-0.15, -0.1) is 0 Å². The largest absolute Gasteiger partial charge is 0.489 e. The summed E-state index contributed by atoms with van der Waals surface area (Å²) in [5, 5.41) is 19.4. The van der Waals surface area contributed by atoms with Crippen LogP contribution < -0.4 is 30.2 Å². The molecule has 9 aromatic rings. The Morgan fingerprint density at radius 2 is 0.702 bits per heavy atom. The van der Waals surface area contributed by atoms with Crippen molar-refractivity contribution in [2.24, 2.45) is 21.1 Å². The van der Waals surface area contributed by atoms with Crippen molar-refractivity contribution in [1.29, 1.82) is 0 Å². The number of Topliss-reactive ketones (excluding diaryl/α,β-unsaturated/α-hetero) is 3. The normalized spacial score (nSPS) is 12.0. The smallest absolute Gasteiger partial charge is 0.474 e. The van der Waals surface area contributed by atoms with E-state index in [4.69, 9.17) is 83.6 Å². The number of phosphoric acid groups is 2. The molecule has 0 spiro atoms. The lowest BCUT2D eigenvalue weighted by Gasteiger charge is -2.21. The first-order valence-electron chi connectivity index (χ1n) is 37.4. The van der Waals surface area contributed by atoms with Gasteiger partial charge in [-0.2, -0.15) is 0 Å². The van der Waals surface area contributed by atoms with Crippen molar-refractivity contribution in [2.75, 3.05) is 48.3 Å². The van der Waals surface area contributed by atoms with E-state index < -0.39 is 34.5 Å². The highest BCUT2D eigenvalue weighted by molar-refractivity contribution is 7.81. The molecule has 3 amide bonds. The third-order valence-electron chi connectivity index (χ3n) is 17.2. The fraction of sp³-hybridized carbons (Fsp3) is 0.393. The summed E-state index contributed by atoms with van der Waals surface area (Å²) in [4.78, 5) is 105. The second-order valence-electron chi connectivity index (χ2n) is 27.9. The number of imidazole rings is 3. The number of ether oxygens (including phenoxy) is 3. The number of aryl methyl sites for hydroxylation is 3. The van der Waals surface area contributed by atoms with E-state index in [-0.39, 0.29) is 101 Å². The van der Waals surface area contributed by atoms with Gasteiger partial charge in [-0.1, -0.05) is 122 Å². The molecule has 3 atom stereocenters. The van der Waals surface area contributed by atoms with Crippen molar-refractivity contribution >= 4 is 104 Å². The number of aliphatic hydroxyl groups is 1. The number of carbonyl (C=O) groups excluding carboxylic acids is 6. The van der Waals surface area contributed by atoms with Gasteiger partial charge in [0, 0.05) is 158 Å². The molecule has 0 fully saturated rings. The molecule has 3 heterocycles. The van der Waals surface area contributed by atoms with Crippen molar-refractivity contribution < 1.29 is 98.7 Å². The van der Waals surface area contributed by atoms with Gasteiger partial charge < -0.3 is 67.8 Å². The second kappa shape index (κ2) is 49.5. The van der Waals surface area contributed by atoms with Crippen molar-refractivity contribution in [3.8, 4) is 51.0 Å². The average Bonchev–Trinajstić information content (AvgIpc) is 1.69. The summed E-state index contributed by atoms with van der Waals surface area (Å²) in [7, 11) is 1.93. The Hall–Kier alpha value is -8.74. The number of rotatable bonds is 38. The fourth-order valence-corrected chi connectivity index (χ4v) is 13.4. The number of aromatic nitrogens is 6. The first-order chi connectivity index (χ1) is 56.1. The zero-order chi connectivity index (χ0) is 88.2. The molecule has 0 bridgehead atoms. The zero-order valence-corrected chi connectivity index (χ0v) is 74.6. The lowest BCUT2D eigenvalue weighted by Crippen LogP contribution is -2.37. The van der Waals surface area contributed by atoms with Crippen LogP contribution in [-0.2, 0) is 81.2 Å². The topological polar surface area (TPSA) is 387 Å². The standard InChI is InChI=1S/C28H35ClN3O7P.C26H31ClN3O7P.C26H30ClN3O4.C2H6ClO3P.2CH4/c1-18(2)39-26-12-11-22(16-24(26)29)28(34)30-23(13-14-38-40(35,36-5)37-6)15-20-7-9-21(10-8-20)25-17-32(4)27(31-25)19(3)33;1-16(2)37-24-10-9-20(14-22(24)27)26(32)28-21(11-12-36-38(33,34)35)13-18-5-7-19(8-6-18)23-15-30(4)25(29-23)17(3)31;1-16(2)34-24-10-9-20(14-22(24)27)26(33)28-21(11-12-31)13-18-5-7-19(8-6-18)23-15-30(4)25(29-23)17(3)32;1-5-7(3,4)6-2;;/h7-12,16-18,23H,13-15H2,1-6H3,(H,30,34);5-10,14-16,21H,11-13H2,1-4H3,(H,28,32)(H2,33,34,35);5-10,14-16,21,31H,11-13H2,1-4H3,(H,28,33);1-2H3;2*1H4/t23-;2*21-;;;/m111.../s1. The van der Waals surface area contributed by atoms with E-state index in [2.05, 4.69) is 44.5 Å². The summed E-state index contributed by atoms with van der Waals surface area (Å²) < 4.78 is 83.7. The van der Waals surface area contributed by atoms with Crippen LogP contribution in [0.5, 0.6) is 17.2 Å². The quantitative estimate of drug-likeness (QED) is 0.0155. The Labute approximate surface area is 727 Å². The monoisotopic (exact) mass is 1810 g/mol. The number of benzene rings is 6. The minimum Gasteiger partial charge on any atom is -0.489 e. The molecule has 30 nitrogen and oxygen atoms in total. The average molecular weight is 1820 g/mol. The summed E-state index contributed by atoms with van der Waals surface area (Å²) in [6.07, 6.45) is 7.53. The highest BCUT2D eigenvalue weighted by atomic mass is 35.7. The van der Waals surface area contributed by atoms with Gasteiger partial charge in [0.15, 0.2) is 34.8 Å². The van der Waals surface area contributed by atoms with Crippen LogP contribution in [0.25, 0.3) is 33.8 Å². The molecule has 660 valence electrons. The molecular formula is C84H110Cl4N9O21P3. The molecule has 121 heavy (non-hydrogen) atoms. The molecule has 6 aromatic carbocycles. The number of halogens is 4. The number of nitrogens with one attached hydrogen (secondary N) is 3. The van der Waals surface area contributed by atoms with Crippen LogP contribution in [0.2, 0.25) is 15.1 Å². The predicted octanol–water partition coefficient (Wildman–Crippen LogP) is 17.8. The molecule has 0 saturated carbocycles. The van der Waals surface area contributed by atoms with Crippen LogP contribution in [-0.4, -0.2) is 163 Å². The van der Waals surface area contributed by atoms with Crippen molar-refractivity contribution in [2.45, 2.75) is 152 Å². The number of phosphoric ester groups is 2. The van der Waals surface area contributed by atoms with Crippen LogP contribution in [0.3, 0.4) is 0 Å². The Bertz CT molecular complexity index is 5040. The minimum atomic E-state index is -4.65. The van der Waals surface area contributed by atoms with E-state index in [1.54, 1.807) is 95.8 Å². The summed E-state index contributed by atoms with van der Waals surface area (Å²) >= 11 is 23.9. The molecule has 9 rings (SSSR count). The van der Waals surface area contributed by atoms with Gasteiger partial charge in [0.2, 0.25) is 0 Å². The molecule has 37 heteroatoms. The summed E-state index contributed by atoms with van der Waals surface area (Å²) in [6, 6.07) is 36.3. The number of hydrogen-bond donors (Lipinski definition) is 6. The van der Waals surface area contributed by atoms with Crippen LogP contribution >= 0.6 is 68.6 Å². The maximum absolute atomic E-state index is 13.1. The Morgan fingerprint density at radius 3 is 0.917 bits per heavy atom. The lowest BCUT2D eigenvalue weighted by atomic mass is 10.0. The van der Waals surface area contributed by atoms with Gasteiger partial charge in [-0.3, -0.25) is 46.9 Å². The molecule has 0 saturated heterocycles. The van der Waals surface area contributed by atoms with E-state index in [0.717, 1.165) is 39.1 Å². The highest BCUT2D eigenvalue weighted by Crippen LogP contribution is 2.51. The number of carbonyl (C=O) groups is 6. The van der Waals surface area contributed by atoms with Crippen LogP contribution in [0.1, 0.15) is 176 Å². The van der Waals surface area contributed by atoms with Gasteiger partial charge in [0.1, 0.15) is 17.2 Å². The zero-order valence-electron chi connectivity index (χ0n) is 68.9. The van der Waals surface area contributed by atoms with E-state index in [9.17, 15) is 47.6 Å². The van der Waals surface area contributed by atoms with Crippen LogP contribution in [0.15, 0.2) is 146 Å². The van der Waals surface area contributed by atoms with E-state index in [1.165, 1.54) is 55.3 Å². The maximum Gasteiger partial charge on any atom is 0.474 e. The molecular weight excluding hydrogens is 1710 g/mol. The van der Waals surface area contributed by atoms with Gasteiger partial charge in [0.25, 0.3) is 17.7 Å². The van der Waals surface area contributed by atoms with Crippen molar-refractivity contribution in [3.05, 3.63) is 212 Å². The molecule has 0 aliphatic heterocycles. The van der Waals surface area contributed by atoms with E-state index in [0.29, 0.717) is 110 Å². The Morgan fingerprint density at radius 1 is 0.430 bits per heavy atom. The summed E-state index contributed by atoms with van der Waals surface area (Å²) in [5.41, 5.74) is 8.58. The molecule has 3 aromatic heterocycles. The van der Waals surface area contributed by atoms with Gasteiger partial charge in [0.05, 0.1) is 63.7 Å². The number of aliphatic hydroxyl groups excluding tert-OH is 1. The van der Waals surface area contributed by atoms with E-state index >= 15 is 0 Å².